The molecule has 0 amide bonds. The molecule has 3 aliphatic rings. The summed E-state index contributed by atoms with van der Waals surface area (Å²) in [7, 11) is 3.44. The third-order valence-electron chi connectivity index (χ3n) is 19.2. The predicted molar refractivity (Wildman–Crippen MR) is 370 cm³/mol. The van der Waals surface area contributed by atoms with Gasteiger partial charge in [0, 0.05) is 50.4 Å². The molecule has 0 saturated carbocycles. The molecule has 3 aliphatic carbocycles. The highest BCUT2D eigenvalue weighted by Crippen LogP contribution is 2.54. The summed E-state index contributed by atoms with van der Waals surface area (Å²) in [4.78, 5) is 4.73. The second kappa shape index (κ2) is 21.1. The van der Waals surface area contributed by atoms with E-state index >= 15 is 0 Å². The second-order valence-electron chi connectivity index (χ2n) is 27.9. The molecular formula is C83H80N2O2. The normalized spacial score (nSPS) is 14.7. The molecule has 0 atom stereocenters. The fourth-order valence-corrected chi connectivity index (χ4v) is 13.9. The Hall–Kier alpha value is -9.12. The van der Waals surface area contributed by atoms with Crippen LogP contribution in [0.25, 0.3) is 57.7 Å². The van der Waals surface area contributed by atoms with Crippen molar-refractivity contribution in [3.8, 4) is 44.9 Å². The van der Waals surface area contributed by atoms with Gasteiger partial charge in [-0.05, 0) is 208 Å². The van der Waals surface area contributed by atoms with Crippen LogP contribution in [-0.2, 0) is 27.1 Å². The van der Waals surface area contributed by atoms with Crippen LogP contribution < -0.4 is 19.3 Å². The van der Waals surface area contributed by atoms with Gasteiger partial charge in [0.15, 0.2) is 0 Å². The predicted octanol–water partition coefficient (Wildman–Crippen LogP) is 22.5. The zero-order chi connectivity index (χ0) is 61.0. The van der Waals surface area contributed by atoms with Gasteiger partial charge in [-0.25, -0.2) is 0 Å². The molecule has 0 spiro atoms. The van der Waals surface area contributed by atoms with E-state index in [2.05, 4.69) is 299 Å². The molecule has 0 saturated heterocycles. The van der Waals surface area contributed by atoms with Crippen LogP contribution in [0.15, 0.2) is 206 Å². The number of hydrogen-bond donors (Lipinski definition) is 0. The van der Waals surface area contributed by atoms with Crippen molar-refractivity contribution < 1.29 is 9.47 Å². The summed E-state index contributed by atoms with van der Waals surface area (Å²) in [6.45, 7) is 27.9. The fraction of sp³-hybridized carbons (Fsp3) is 0.229. The Kier molecular flexibility index (Phi) is 13.8. The fourth-order valence-electron chi connectivity index (χ4n) is 13.9. The van der Waals surface area contributed by atoms with Crippen LogP contribution in [0.1, 0.15) is 150 Å². The first kappa shape index (κ1) is 57.0. The summed E-state index contributed by atoms with van der Waals surface area (Å²) < 4.78 is 11.1. The lowest BCUT2D eigenvalue weighted by molar-refractivity contribution is 0.414. The summed E-state index contributed by atoms with van der Waals surface area (Å²) in [6.07, 6.45) is 9.16. The SMILES string of the molecule is COc1ccc(N(c2ccc(C(C)(C)C)cc2)c2ccc3c(c2)C(C)(C)c2cc(/C=C/c4ccc5c(c4)C(C)(C)c4cc(/C=C/c6ccc7c(c6)C(C)(C)c6cc(N(c8ccc(OC)cc8)c8ccc(C(C)(C)C)cc8)ccc6-7)ccc4-5)ccc2-3)cc1. The van der Waals surface area contributed by atoms with Gasteiger partial charge in [-0.2, -0.15) is 0 Å². The zero-order valence-electron chi connectivity index (χ0n) is 53.2. The molecule has 0 fully saturated rings. The maximum absolute atomic E-state index is 5.57. The number of hydrogen-bond acceptors (Lipinski definition) is 4. The molecule has 13 rings (SSSR count). The van der Waals surface area contributed by atoms with E-state index in [0.29, 0.717) is 0 Å². The van der Waals surface area contributed by atoms with Crippen LogP contribution in [0.4, 0.5) is 34.1 Å². The van der Waals surface area contributed by atoms with Crippen molar-refractivity contribution in [3.63, 3.8) is 0 Å². The Morgan fingerprint density at radius 2 is 0.494 bits per heavy atom. The largest absolute Gasteiger partial charge is 0.497 e. The monoisotopic (exact) mass is 1140 g/mol. The maximum atomic E-state index is 5.57. The van der Waals surface area contributed by atoms with E-state index in [1.54, 1.807) is 14.2 Å². The van der Waals surface area contributed by atoms with E-state index in [1.807, 2.05) is 24.3 Å². The Morgan fingerprint density at radius 1 is 0.276 bits per heavy atom. The molecule has 10 aromatic carbocycles. The van der Waals surface area contributed by atoms with Gasteiger partial charge < -0.3 is 19.3 Å². The first-order valence-electron chi connectivity index (χ1n) is 30.9. The third kappa shape index (κ3) is 10.1. The first-order chi connectivity index (χ1) is 41.5. The van der Waals surface area contributed by atoms with E-state index in [4.69, 9.17) is 9.47 Å². The quantitative estimate of drug-likeness (QED) is 0.114. The van der Waals surface area contributed by atoms with Gasteiger partial charge >= 0.3 is 0 Å². The summed E-state index contributed by atoms with van der Waals surface area (Å²) in [5.74, 6) is 1.68. The molecule has 4 heteroatoms. The Bertz CT molecular complexity index is 4090. The number of nitrogens with zero attached hydrogens (tertiary/aromatic N) is 2. The molecule has 0 radical (unpaired) electrons. The van der Waals surface area contributed by atoms with Crippen molar-refractivity contribution in [3.05, 3.63) is 273 Å². The van der Waals surface area contributed by atoms with Gasteiger partial charge in [0.25, 0.3) is 0 Å². The molecule has 434 valence electrons. The summed E-state index contributed by atoms with van der Waals surface area (Å²) >= 11 is 0. The van der Waals surface area contributed by atoms with Gasteiger partial charge in [-0.15, -0.1) is 0 Å². The van der Waals surface area contributed by atoms with Crippen molar-refractivity contribution >= 4 is 58.4 Å². The highest BCUT2D eigenvalue weighted by atomic mass is 16.5. The molecule has 0 unspecified atom stereocenters. The smallest absolute Gasteiger partial charge is 0.119 e. The lowest BCUT2D eigenvalue weighted by Gasteiger charge is -2.29. The van der Waals surface area contributed by atoms with Crippen LogP contribution in [0, 0.1) is 0 Å². The number of methoxy groups -OCH3 is 2. The third-order valence-corrected chi connectivity index (χ3v) is 19.2. The van der Waals surface area contributed by atoms with E-state index in [-0.39, 0.29) is 27.1 Å². The van der Waals surface area contributed by atoms with Crippen LogP contribution in [-0.4, -0.2) is 14.2 Å². The Labute approximate surface area is 517 Å². The van der Waals surface area contributed by atoms with E-state index < -0.39 is 0 Å². The van der Waals surface area contributed by atoms with Crippen LogP contribution in [0.5, 0.6) is 11.5 Å². The Morgan fingerprint density at radius 3 is 0.736 bits per heavy atom. The molecule has 0 aliphatic heterocycles. The molecule has 0 heterocycles. The molecule has 4 nitrogen and oxygen atoms in total. The van der Waals surface area contributed by atoms with Crippen molar-refractivity contribution in [2.75, 3.05) is 24.0 Å². The number of anilines is 6. The topological polar surface area (TPSA) is 24.9 Å². The standard InChI is InChI=1S/C83H80N2O2/c1-79(2,3)57-23-27-59(28-24-57)84(61-31-37-65(86-13)38-32-61)63-35-45-71-69-43-21-55(49-75(69)82(9,10)77(71)51-63)17-15-53-19-41-67-68-42-20-54(48-74(68)81(7,8)73(67)47-53)16-18-56-22-44-70-72-46-36-64(52-78(72)83(11,12)76(70)50-56)85(62-33-39-66(87-14)40-34-62)60-29-25-58(26-30-60)80(4,5)6/h15-52H,1-14H3/b17-15+,18-16+. The molecule has 10 aromatic rings. The van der Waals surface area contributed by atoms with Gasteiger partial charge in [0.1, 0.15) is 11.5 Å². The van der Waals surface area contributed by atoms with Crippen molar-refractivity contribution in [2.24, 2.45) is 0 Å². The van der Waals surface area contributed by atoms with Crippen molar-refractivity contribution in [1.29, 1.82) is 0 Å². The minimum atomic E-state index is -0.205. The van der Waals surface area contributed by atoms with E-state index in [1.165, 1.54) is 100 Å². The van der Waals surface area contributed by atoms with Crippen molar-refractivity contribution in [2.45, 2.75) is 110 Å². The average molecular weight is 1140 g/mol. The molecule has 0 N–H and O–H groups in total. The zero-order valence-corrected chi connectivity index (χ0v) is 53.2. The van der Waals surface area contributed by atoms with E-state index in [9.17, 15) is 0 Å². The minimum Gasteiger partial charge on any atom is -0.497 e. The number of ether oxygens (including phenoxy) is 2. The highest BCUT2D eigenvalue weighted by molar-refractivity contribution is 5.90. The van der Waals surface area contributed by atoms with Crippen LogP contribution >= 0.6 is 0 Å². The lowest BCUT2D eigenvalue weighted by Crippen LogP contribution is -2.17. The van der Waals surface area contributed by atoms with Gasteiger partial charge in [0.05, 0.1) is 14.2 Å². The Balaban J connectivity index is 0.725. The summed E-state index contributed by atoms with van der Waals surface area (Å²) in [5, 5.41) is 0. The number of fused-ring (bicyclic) bond motifs is 9. The maximum Gasteiger partial charge on any atom is 0.119 e. The van der Waals surface area contributed by atoms with Gasteiger partial charge in [-0.3, -0.25) is 0 Å². The minimum absolute atomic E-state index is 0.0652. The van der Waals surface area contributed by atoms with Crippen LogP contribution in [0.3, 0.4) is 0 Å². The van der Waals surface area contributed by atoms with Crippen LogP contribution in [0.2, 0.25) is 0 Å². The van der Waals surface area contributed by atoms with Gasteiger partial charge in [0.2, 0.25) is 0 Å². The summed E-state index contributed by atoms with van der Waals surface area (Å²) in [5.41, 5.74) is 29.6. The number of benzene rings is 10. The average Bonchev–Trinajstić information content (AvgIpc) is 1.63. The van der Waals surface area contributed by atoms with E-state index in [0.717, 1.165) is 45.6 Å². The molecule has 87 heavy (non-hydrogen) atoms. The highest BCUT2D eigenvalue weighted by Gasteiger charge is 2.39. The molecule has 0 aromatic heterocycles. The second-order valence-corrected chi connectivity index (χ2v) is 27.9. The van der Waals surface area contributed by atoms with Gasteiger partial charge in [-0.1, -0.05) is 217 Å². The number of rotatable bonds is 12. The lowest BCUT2D eigenvalue weighted by atomic mass is 9.81. The molecular weight excluding hydrogens is 1060 g/mol. The van der Waals surface area contributed by atoms with Crippen molar-refractivity contribution in [1.82, 2.24) is 0 Å². The summed E-state index contributed by atoms with van der Waals surface area (Å²) in [6, 6.07) is 77.0. The first-order valence-corrected chi connectivity index (χ1v) is 30.9. The molecule has 0 bridgehead atoms.